The zero-order valence-electron chi connectivity index (χ0n) is 41.7. The number of aliphatic hydroxyl groups is 1. The SMILES string of the molecule is CC(C)c1ccccc1[C@@H]1CN(C(=O)C2CC2)CCN1C1CC2(CCN(c3ccc(C(=O)NS(=O)(=O)c4cc5c(c([N+](=O)[O-])c4)N[C@@H](C4CCC(C)(O)CC4)CO5)c(Oc4cc5c(F)c[nH]c5nc4F)c3)CC2)C1. The highest BCUT2D eigenvalue weighted by Crippen LogP contribution is 2.54. The number of ether oxygens (including phenoxy) is 2. The number of piperazine rings is 1. The number of anilines is 2. The summed E-state index contributed by atoms with van der Waals surface area (Å²) in [5.41, 5.74) is 1.62. The fourth-order valence-corrected chi connectivity index (χ4v) is 13.3. The third kappa shape index (κ3) is 9.64. The number of benzene rings is 3. The second-order valence-corrected chi connectivity index (χ2v) is 23.8. The number of aromatic amines is 1. The van der Waals surface area contributed by atoms with E-state index >= 15 is 4.39 Å². The van der Waals surface area contributed by atoms with Crippen LogP contribution in [0, 0.1) is 39.1 Å². The first-order valence-electron chi connectivity index (χ1n) is 25.9. The van der Waals surface area contributed by atoms with Gasteiger partial charge in [0.05, 0.1) is 38.5 Å². The van der Waals surface area contributed by atoms with Crippen LogP contribution in [0.3, 0.4) is 0 Å². The van der Waals surface area contributed by atoms with Crippen molar-refractivity contribution in [3.63, 3.8) is 0 Å². The first kappa shape index (κ1) is 49.8. The van der Waals surface area contributed by atoms with E-state index in [4.69, 9.17) is 9.47 Å². The smallest absolute Gasteiger partial charge is 0.297 e. The van der Waals surface area contributed by atoms with Crippen LogP contribution in [0.2, 0.25) is 0 Å². The Morgan fingerprint density at radius 3 is 2.43 bits per heavy atom. The summed E-state index contributed by atoms with van der Waals surface area (Å²) in [5, 5.41) is 26.0. The quantitative estimate of drug-likeness (QED) is 0.0523. The van der Waals surface area contributed by atoms with Gasteiger partial charge in [-0.2, -0.15) is 9.37 Å². The van der Waals surface area contributed by atoms with Crippen molar-refractivity contribution in [3.8, 4) is 17.2 Å². The number of nitrogens with zero attached hydrogens (tertiary/aromatic N) is 5. The van der Waals surface area contributed by atoms with Gasteiger partial charge < -0.3 is 34.7 Å². The van der Waals surface area contributed by atoms with Gasteiger partial charge in [-0.1, -0.05) is 38.1 Å². The molecule has 11 rings (SSSR count). The number of hydrogen-bond donors (Lipinski definition) is 4. The monoisotopic (exact) mass is 1040 g/mol. The number of carbonyl (C=O) groups excluding carboxylic acids is 2. The molecule has 1 spiro atoms. The summed E-state index contributed by atoms with van der Waals surface area (Å²) in [6, 6.07) is 16.4. The molecule has 6 aliphatic rings. The van der Waals surface area contributed by atoms with Gasteiger partial charge in [-0.25, -0.2) is 17.5 Å². The highest BCUT2D eigenvalue weighted by molar-refractivity contribution is 7.90. The van der Waals surface area contributed by atoms with Crippen molar-refractivity contribution in [1.29, 1.82) is 0 Å². The highest BCUT2D eigenvalue weighted by Gasteiger charge is 2.51. The molecule has 74 heavy (non-hydrogen) atoms. The Morgan fingerprint density at radius 1 is 0.973 bits per heavy atom. The Kier molecular flexibility index (Phi) is 12.8. The summed E-state index contributed by atoms with van der Waals surface area (Å²) in [6.07, 6.45) is 9.24. The molecule has 3 aliphatic heterocycles. The van der Waals surface area contributed by atoms with Crippen molar-refractivity contribution in [3.05, 3.63) is 105 Å². The largest absolute Gasteiger partial charge is 0.489 e. The summed E-state index contributed by atoms with van der Waals surface area (Å²) in [7, 11) is -4.82. The molecule has 5 heterocycles. The van der Waals surface area contributed by atoms with Crippen LogP contribution in [0.25, 0.3) is 11.0 Å². The van der Waals surface area contributed by atoms with Gasteiger partial charge in [0.2, 0.25) is 5.91 Å². The Hall–Kier alpha value is -6.38. The number of fused-ring (bicyclic) bond motifs is 2. The summed E-state index contributed by atoms with van der Waals surface area (Å²) in [5.74, 6) is -2.98. The molecule has 2 aromatic heterocycles. The molecule has 2 amide bonds. The molecule has 3 aromatic carbocycles. The van der Waals surface area contributed by atoms with Crippen LogP contribution in [0.4, 0.5) is 25.8 Å². The normalized spacial score (nSPS) is 24.2. The predicted octanol–water partition coefficient (Wildman–Crippen LogP) is 8.94. The van der Waals surface area contributed by atoms with Gasteiger partial charge >= 0.3 is 0 Å². The van der Waals surface area contributed by atoms with E-state index in [1.807, 2.05) is 4.72 Å². The van der Waals surface area contributed by atoms with Gasteiger partial charge in [0, 0.05) is 74.8 Å². The molecule has 3 saturated carbocycles. The maximum Gasteiger partial charge on any atom is 0.297 e. The second-order valence-electron chi connectivity index (χ2n) is 22.1. The molecule has 2 atom stereocenters. The molecule has 392 valence electrons. The molecule has 20 heteroatoms. The average Bonchev–Trinajstić information content (AvgIpc) is 4.17. The van der Waals surface area contributed by atoms with Crippen molar-refractivity contribution in [2.45, 2.75) is 120 Å². The number of nitrogens with one attached hydrogen (secondary N) is 3. The standard InChI is InChI=1S/C54H62F2N8O9S/c1-31(2)37-6-4-5-7-38(37)44-29-62(52(66)33-8-9-33)20-21-63(44)35-26-54(27-35)16-18-61(19-17-54)34-10-11-39(45(22-34)73-47-25-40-41(55)28-57-50(40)59-49(47)56)51(65)60-74(70,71)36-23-43(64(68)69)48-46(24-36)72-30-42(58-48)32-12-14-53(3,67)15-13-32/h4-7,10-11,22-25,28,31-33,35,42,44,58,67H,8-9,12-21,26-27,29-30H2,1-3H3,(H,57,59)(H,60,65)/t32?,42-,44+,53?/m1/s1. The van der Waals surface area contributed by atoms with Gasteiger partial charge in [0.15, 0.2) is 17.2 Å². The average molecular weight is 1040 g/mol. The van der Waals surface area contributed by atoms with Gasteiger partial charge in [0.25, 0.3) is 27.6 Å². The molecule has 2 saturated heterocycles. The molecule has 3 aliphatic carbocycles. The van der Waals surface area contributed by atoms with E-state index in [-0.39, 0.29) is 75.6 Å². The lowest BCUT2D eigenvalue weighted by Gasteiger charge is -2.58. The molecule has 0 unspecified atom stereocenters. The van der Waals surface area contributed by atoms with E-state index in [1.165, 1.54) is 23.3 Å². The Balaban J connectivity index is 0.817. The van der Waals surface area contributed by atoms with Crippen molar-refractivity contribution in [2.75, 3.05) is 49.5 Å². The Labute approximate surface area is 428 Å². The van der Waals surface area contributed by atoms with E-state index in [1.54, 1.807) is 13.0 Å². The number of nitro benzene ring substituents is 1. The van der Waals surface area contributed by atoms with Crippen LogP contribution < -0.4 is 24.4 Å². The van der Waals surface area contributed by atoms with E-state index in [0.29, 0.717) is 63.0 Å². The number of hydrogen-bond acceptors (Lipinski definition) is 13. The Bertz CT molecular complexity index is 3140. The molecule has 5 fully saturated rings. The van der Waals surface area contributed by atoms with E-state index < -0.39 is 54.6 Å². The number of piperidine rings is 1. The first-order valence-corrected chi connectivity index (χ1v) is 27.4. The van der Waals surface area contributed by atoms with E-state index in [0.717, 1.165) is 76.0 Å². The predicted molar refractivity (Wildman–Crippen MR) is 272 cm³/mol. The summed E-state index contributed by atoms with van der Waals surface area (Å²) < 4.78 is 72.4. The maximum atomic E-state index is 15.6. The minimum Gasteiger partial charge on any atom is -0.489 e. The van der Waals surface area contributed by atoms with Crippen molar-refractivity contribution >= 4 is 49.9 Å². The van der Waals surface area contributed by atoms with Crippen LogP contribution >= 0.6 is 0 Å². The van der Waals surface area contributed by atoms with Gasteiger partial charge in [-0.05, 0) is 118 Å². The molecule has 4 N–H and O–H groups in total. The first-order chi connectivity index (χ1) is 35.3. The lowest BCUT2D eigenvalue weighted by molar-refractivity contribution is -0.384. The van der Waals surface area contributed by atoms with Crippen LogP contribution in [0.15, 0.2) is 71.8 Å². The number of sulfonamides is 1. The van der Waals surface area contributed by atoms with Crippen LogP contribution in [0.5, 0.6) is 17.2 Å². The molecular formula is C54H62F2N8O9S. The van der Waals surface area contributed by atoms with Crippen LogP contribution in [-0.4, -0.2) is 107 Å². The number of pyridine rings is 1. The number of aromatic nitrogens is 2. The maximum absolute atomic E-state index is 15.6. The minimum absolute atomic E-state index is 0.0143. The number of carbonyl (C=O) groups is 2. The number of rotatable bonds is 12. The van der Waals surface area contributed by atoms with E-state index in [9.17, 15) is 37.6 Å². The molecule has 17 nitrogen and oxygen atoms in total. The summed E-state index contributed by atoms with van der Waals surface area (Å²) in [6.45, 7) is 9.85. The topological polar surface area (TPSA) is 213 Å². The number of amides is 2. The lowest BCUT2D eigenvalue weighted by atomic mass is 9.59. The third-order valence-electron chi connectivity index (χ3n) is 16.8. The molecule has 5 aromatic rings. The fraction of sp³-hybridized carbons (Fsp3) is 0.500. The lowest BCUT2D eigenvalue weighted by Crippen LogP contribution is -2.60. The zero-order chi connectivity index (χ0) is 51.8. The van der Waals surface area contributed by atoms with Gasteiger partial charge in [0.1, 0.15) is 23.8 Å². The van der Waals surface area contributed by atoms with Crippen molar-refractivity contribution in [2.24, 2.45) is 17.3 Å². The van der Waals surface area contributed by atoms with Gasteiger partial charge in [-0.3, -0.25) is 24.6 Å². The molecular weight excluding hydrogens is 975 g/mol. The second kappa shape index (κ2) is 19.1. The number of nitro groups is 1. The summed E-state index contributed by atoms with van der Waals surface area (Å²) >= 11 is 0. The third-order valence-corrected chi connectivity index (χ3v) is 18.1. The molecule has 0 bridgehead atoms. The van der Waals surface area contributed by atoms with Gasteiger partial charge in [-0.15, -0.1) is 0 Å². The summed E-state index contributed by atoms with van der Waals surface area (Å²) in [4.78, 5) is 51.9. The minimum atomic E-state index is -4.82. The van der Waals surface area contributed by atoms with Crippen LogP contribution in [-0.2, 0) is 14.8 Å². The molecule has 0 radical (unpaired) electrons. The highest BCUT2D eigenvalue weighted by atomic mass is 32.2. The van der Waals surface area contributed by atoms with Crippen molar-refractivity contribution < 1.29 is 46.3 Å². The van der Waals surface area contributed by atoms with Crippen molar-refractivity contribution in [1.82, 2.24) is 24.5 Å². The zero-order valence-corrected chi connectivity index (χ0v) is 42.6. The van der Waals surface area contributed by atoms with E-state index in [2.05, 4.69) is 68.1 Å². The Morgan fingerprint density at radius 2 is 1.72 bits per heavy atom. The number of H-pyrrole nitrogens is 1. The fourth-order valence-electron chi connectivity index (χ4n) is 12.3. The number of halogens is 2. The van der Waals surface area contributed by atoms with Crippen LogP contribution in [0.1, 0.15) is 118 Å².